The minimum absolute atomic E-state index is 0.0138. The standard InChI is InChI=1S/C46H76NO8P/c1-6-8-10-12-14-16-18-20-22-23-25-27-29-31-33-35-37-39-46(49)55-44(43-54-56(50,51)53-41-40-47(3,4)5)42-52-45(48)38-36-34-32-30-28-26-24-21-19-17-15-13-11-9-7-2/h8-11,14-17,20-22,24-25,27-28,30,44H,6-7,12-13,18-19,23,26,29,31-43H2,1-5H3/p+1/b10-8-,11-9-,16-14-,17-15-,22-20-,24-21-,27-25-,30-28-/t44-/m1/s1. The van der Waals surface area contributed by atoms with Gasteiger partial charge in [-0.15, -0.1) is 0 Å². The van der Waals surface area contributed by atoms with Crippen LogP contribution in [0.15, 0.2) is 97.2 Å². The van der Waals surface area contributed by atoms with E-state index in [4.69, 9.17) is 18.5 Å². The van der Waals surface area contributed by atoms with Gasteiger partial charge in [0.05, 0.1) is 27.7 Å². The van der Waals surface area contributed by atoms with E-state index in [1.165, 1.54) is 0 Å². The summed E-state index contributed by atoms with van der Waals surface area (Å²) >= 11 is 0. The number of hydrogen-bond acceptors (Lipinski definition) is 7. The van der Waals surface area contributed by atoms with E-state index in [0.29, 0.717) is 23.9 Å². The van der Waals surface area contributed by atoms with E-state index in [1.807, 2.05) is 21.1 Å². The molecule has 0 aromatic heterocycles. The number of nitrogens with zero attached hydrogens (tertiary/aromatic N) is 1. The van der Waals surface area contributed by atoms with Gasteiger partial charge in [0.15, 0.2) is 6.10 Å². The van der Waals surface area contributed by atoms with Gasteiger partial charge in [-0.25, -0.2) is 4.57 Å². The van der Waals surface area contributed by atoms with Crippen molar-refractivity contribution in [1.29, 1.82) is 0 Å². The van der Waals surface area contributed by atoms with Crippen molar-refractivity contribution >= 4 is 19.8 Å². The van der Waals surface area contributed by atoms with Gasteiger partial charge in [-0.1, -0.05) is 124 Å². The van der Waals surface area contributed by atoms with Gasteiger partial charge >= 0.3 is 19.8 Å². The van der Waals surface area contributed by atoms with Crippen molar-refractivity contribution in [1.82, 2.24) is 0 Å². The fourth-order valence-corrected chi connectivity index (χ4v) is 5.62. The number of phosphoric ester groups is 1. The van der Waals surface area contributed by atoms with Crippen LogP contribution in [0, 0.1) is 0 Å². The summed E-state index contributed by atoms with van der Waals surface area (Å²) in [5, 5.41) is 0. The molecule has 0 aliphatic rings. The number of allylic oxidation sites excluding steroid dienone is 16. The maximum atomic E-state index is 12.7. The molecule has 318 valence electrons. The quantitative estimate of drug-likeness (QED) is 0.0219. The van der Waals surface area contributed by atoms with Gasteiger partial charge in [0.2, 0.25) is 0 Å². The molecule has 0 radical (unpaired) electrons. The van der Waals surface area contributed by atoms with Crippen LogP contribution >= 0.6 is 7.82 Å². The zero-order chi connectivity index (χ0) is 41.4. The highest BCUT2D eigenvalue weighted by atomic mass is 31.2. The van der Waals surface area contributed by atoms with Gasteiger partial charge in [0.25, 0.3) is 0 Å². The van der Waals surface area contributed by atoms with Crippen molar-refractivity contribution in [2.24, 2.45) is 0 Å². The molecule has 0 amide bonds. The van der Waals surface area contributed by atoms with Crippen LogP contribution in [-0.4, -0.2) is 74.9 Å². The summed E-state index contributed by atoms with van der Waals surface area (Å²) in [7, 11) is 1.41. The maximum Gasteiger partial charge on any atom is 0.472 e. The summed E-state index contributed by atoms with van der Waals surface area (Å²) in [5.41, 5.74) is 0. The van der Waals surface area contributed by atoms with Crippen molar-refractivity contribution < 1.29 is 42.1 Å². The number of unbranched alkanes of at least 4 members (excludes halogenated alkanes) is 6. The number of likely N-dealkylation sites (N-methyl/N-ethyl adjacent to an activating group) is 1. The van der Waals surface area contributed by atoms with Gasteiger partial charge in [0.1, 0.15) is 19.8 Å². The topological polar surface area (TPSA) is 108 Å². The molecule has 0 bridgehead atoms. The van der Waals surface area contributed by atoms with E-state index in [0.717, 1.165) is 89.9 Å². The smallest absolute Gasteiger partial charge is 0.462 e. The maximum absolute atomic E-state index is 12.7. The van der Waals surface area contributed by atoms with Crippen molar-refractivity contribution in [3.8, 4) is 0 Å². The van der Waals surface area contributed by atoms with E-state index in [2.05, 4.69) is 111 Å². The average molecular weight is 803 g/mol. The molecule has 56 heavy (non-hydrogen) atoms. The summed E-state index contributed by atoms with van der Waals surface area (Å²) < 4.78 is 34.2. The number of hydrogen-bond donors (Lipinski definition) is 1. The molecule has 2 atom stereocenters. The third-order valence-corrected chi connectivity index (χ3v) is 9.09. The summed E-state index contributed by atoms with van der Waals surface area (Å²) in [6.07, 6.45) is 48.9. The third kappa shape index (κ3) is 40.6. The minimum Gasteiger partial charge on any atom is -0.462 e. The zero-order valence-electron chi connectivity index (χ0n) is 35.6. The van der Waals surface area contributed by atoms with Crippen LogP contribution in [0.1, 0.15) is 129 Å². The summed E-state index contributed by atoms with van der Waals surface area (Å²) in [6.45, 7) is 4.08. The van der Waals surface area contributed by atoms with Crippen molar-refractivity contribution in [2.45, 2.75) is 136 Å². The number of carbonyl (C=O) groups is 2. The molecule has 0 aliphatic heterocycles. The van der Waals surface area contributed by atoms with Gasteiger partial charge in [-0.05, 0) is 89.9 Å². The number of ether oxygens (including phenoxy) is 2. The van der Waals surface area contributed by atoms with E-state index in [-0.39, 0.29) is 26.1 Å². The van der Waals surface area contributed by atoms with Gasteiger partial charge in [0, 0.05) is 12.8 Å². The number of rotatable bonds is 36. The van der Waals surface area contributed by atoms with Crippen LogP contribution < -0.4 is 0 Å². The Bertz CT molecular complexity index is 1270. The Morgan fingerprint density at radius 1 is 0.554 bits per heavy atom. The van der Waals surface area contributed by atoms with Gasteiger partial charge in [-0.2, -0.15) is 0 Å². The van der Waals surface area contributed by atoms with Gasteiger partial charge < -0.3 is 18.9 Å². The Hall–Kier alpha value is -3.07. The first-order valence-corrected chi connectivity index (χ1v) is 22.5. The Kier molecular flexibility index (Phi) is 35.4. The molecule has 0 aromatic rings. The molecule has 0 saturated carbocycles. The zero-order valence-corrected chi connectivity index (χ0v) is 36.5. The number of phosphoric acid groups is 1. The monoisotopic (exact) mass is 803 g/mol. The lowest BCUT2D eigenvalue weighted by Crippen LogP contribution is -2.37. The summed E-state index contributed by atoms with van der Waals surface area (Å²) in [4.78, 5) is 35.3. The van der Waals surface area contributed by atoms with Crippen molar-refractivity contribution in [2.75, 3.05) is 47.5 Å². The Labute approximate surface area is 341 Å². The first-order chi connectivity index (χ1) is 27.0. The first-order valence-electron chi connectivity index (χ1n) is 21.0. The number of esters is 2. The normalized spacial score (nSPS) is 14.6. The molecule has 0 rings (SSSR count). The minimum atomic E-state index is -4.40. The SMILES string of the molecule is CC/C=C\C/C=C\C/C=C\C/C=C\CCCCCCC(=O)O[C@H](COC(=O)CCCC/C=C\C/C=C\C/C=C\C/C=C\CC)COP(=O)(O)OCC[N+](C)(C)C. The molecule has 0 heterocycles. The highest BCUT2D eigenvalue weighted by molar-refractivity contribution is 7.47. The highest BCUT2D eigenvalue weighted by Gasteiger charge is 2.27. The second-order valence-corrected chi connectivity index (χ2v) is 16.1. The molecule has 9 nitrogen and oxygen atoms in total. The van der Waals surface area contributed by atoms with Crippen LogP contribution in [0.25, 0.3) is 0 Å². The molecular formula is C46H77NO8P+. The Balaban J connectivity index is 4.53. The van der Waals surface area contributed by atoms with Crippen LogP contribution in [-0.2, 0) is 32.7 Å². The van der Waals surface area contributed by atoms with Crippen LogP contribution in [0.5, 0.6) is 0 Å². The molecule has 10 heteroatoms. The van der Waals surface area contributed by atoms with Crippen LogP contribution in [0.3, 0.4) is 0 Å². The average Bonchev–Trinajstić information content (AvgIpc) is 3.15. The van der Waals surface area contributed by atoms with Crippen molar-refractivity contribution in [3.63, 3.8) is 0 Å². The van der Waals surface area contributed by atoms with E-state index in [1.54, 1.807) is 0 Å². The van der Waals surface area contributed by atoms with Gasteiger partial charge in [-0.3, -0.25) is 18.6 Å². The molecule has 1 N–H and O–H groups in total. The molecule has 0 aromatic carbocycles. The van der Waals surface area contributed by atoms with E-state index >= 15 is 0 Å². The highest BCUT2D eigenvalue weighted by Crippen LogP contribution is 2.43. The third-order valence-electron chi connectivity index (χ3n) is 8.11. The fraction of sp³-hybridized carbons (Fsp3) is 0.609. The largest absolute Gasteiger partial charge is 0.472 e. The second-order valence-electron chi connectivity index (χ2n) is 14.6. The lowest BCUT2D eigenvalue weighted by atomic mass is 10.1. The molecule has 1 unspecified atom stereocenters. The second kappa shape index (κ2) is 37.5. The predicted octanol–water partition coefficient (Wildman–Crippen LogP) is 11.8. The Morgan fingerprint density at radius 2 is 0.964 bits per heavy atom. The molecule has 0 spiro atoms. The van der Waals surface area contributed by atoms with Crippen LogP contribution in [0.2, 0.25) is 0 Å². The molecule has 0 saturated heterocycles. The van der Waals surface area contributed by atoms with Crippen LogP contribution in [0.4, 0.5) is 0 Å². The number of carbonyl (C=O) groups excluding carboxylic acids is 2. The fourth-order valence-electron chi connectivity index (χ4n) is 4.88. The molecule has 0 fully saturated rings. The summed E-state index contributed by atoms with van der Waals surface area (Å²) in [6, 6.07) is 0. The van der Waals surface area contributed by atoms with E-state index < -0.39 is 32.5 Å². The predicted molar refractivity (Wildman–Crippen MR) is 233 cm³/mol. The Morgan fingerprint density at radius 3 is 1.45 bits per heavy atom. The van der Waals surface area contributed by atoms with Crippen molar-refractivity contribution in [3.05, 3.63) is 97.2 Å². The lowest BCUT2D eigenvalue weighted by molar-refractivity contribution is -0.870. The summed E-state index contributed by atoms with van der Waals surface area (Å²) in [5.74, 6) is -0.888. The lowest BCUT2D eigenvalue weighted by Gasteiger charge is -2.24. The first kappa shape index (κ1) is 52.9. The molecule has 0 aliphatic carbocycles. The molecular weight excluding hydrogens is 725 g/mol. The van der Waals surface area contributed by atoms with E-state index in [9.17, 15) is 19.0 Å². The number of quaternary nitrogens is 1.